The van der Waals surface area contributed by atoms with E-state index in [0.717, 1.165) is 0 Å². The second-order valence-corrected chi connectivity index (χ2v) is 4.04. The molecule has 0 bridgehead atoms. The maximum Gasteiger partial charge on any atom is 0.418 e. The minimum atomic E-state index is -4.85. The van der Waals surface area contributed by atoms with Gasteiger partial charge in [0.15, 0.2) is 0 Å². The fourth-order valence-electron chi connectivity index (χ4n) is 0.931. The minimum absolute atomic E-state index is 0.167. The molecule has 0 fully saturated rings. The Morgan fingerprint density at radius 2 is 1.73 bits per heavy atom. The van der Waals surface area contributed by atoms with Crippen molar-refractivity contribution in [3.05, 3.63) is 26.4 Å². The van der Waals surface area contributed by atoms with Crippen LogP contribution in [0.25, 0.3) is 0 Å². The molecule has 84 valence electrons. The highest BCUT2D eigenvalue weighted by atomic mass is 79.9. The summed E-state index contributed by atoms with van der Waals surface area (Å²) < 4.78 is 61.2. The molecule has 0 aliphatic rings. The molecule has 0 aliphatic carbocycles. The molecule has 0 aromatic carbocycles. The Morgan fingerprint density at radius 3 is 2.13 bits per heavy atom. The van der Waals surface area contributed by atoms with Crippen molar-refractivity contribution in [3.63, 3.8) is 0 Å². The molecule has 1 aromatic rings. The summed E-state index contributed by atoms with van der Waals surface area (Å²) in [7, 11) is 0. The number of rotatable bonds is 1. The van der Waals surface area contributed by atoms with Gasteiger partial charge in [-0.15, -0.1) is 0 Å². The fraction of sp³-hybridized carbons (Fsp3) is 0.286. The van der Waals surface area contributed by atoms with Gasteiger partial charge >= 0.3 is 6.18 Å². The number of aromatic nitrogens is 1. The van der Waals surface area contributed by atoms with Crippen molar-refractivity contribution >= 4 is 31.9 Å². The fourth-order valence-corrected chi connectivity index (χ4v) is 1.79. The Bertz CT molecular complexity index is 376. The van der Waals surface area contributed by atoms with E-state index in [1.807, 2.05) is 0 Å². The SMILES string of the molecule is FC(F)c1cnc(Br)c(Br)c1C(F)(F)F. The first-order valence-electron chi connectivity index (χ1n) is 3.44. The van der Waals surface area contributed by atoms with Crippen molar-refractivity contribution in [1.82, 2.24) is 4.98 Å². The molecular formula is C7H2Br2F5N. The molecule has 0 atom stereocenters. The first-order valence-corrected chi connectivity index (χ1v) is 5.03. The number of halogens is 7. The largest absolute Gasteiger partial charge is 0.418 e. The van der Waals surface area contributed by atoms with Crippen molar-refractivity contribution in [2.24, 2.45) is 0 Å². The zero-order valence-corrected chi connectivity index (χ0v) is 9.92. The second-order valence-electron chi connectivity index (χ2n) is 2.49. The topological polar surface area (TPSA) is 12.9 Å². The summed E-state index contributed by atoms with van der Waals surface area (Å²) in [6.07, 6.45) is -7.57. The molecule has 1 nitrogen and oxygen atoms in total. The van der Waals surface area contributed by atoms with E-state index in [4.69, 9.17) is 0 Å². The van der Waals surface area contributed by atoms with Crippen LogP contribution in [0.5, 0.6) is 0 Å². The Kier molecular flexibility index (Phi) is 3.70. The van der Waals surface area contributed by atoms with Crippen LogP contribution in [0.15, 0.2) is 15.3 Å². The van der Waals surface area contributed by atoms with Gasteiger partial charge in [0.1, 0.15) is 4.60 Å². The van der Waals surface area contributed by atoms with Gasteiger partial charge in [-0.3, -0.25) is 0 Å². The van der Waals surface area contributed by atoms with E-state index in [9.17, 15) is 22.0 Å². The third kappa shape index (κ3) is 2.66. The molecule has 1 heterocycles. The minimum Gasteiger partial charge on any atom is -0.248 e. The molecule has 0 amide bonds. The number of nitrogens with zero attached hydrogens (tertiary/aromatic N) is 1. The van der Waals surface area contributed by atoms with Crippen LogP contribution >= 0.6 is 31.9 Å². The van der Waals surface area contributed by atoms with Crippen LogP contribution in [0, 0.1) is 0 Å². The third-order valence-corrected chi connectivity index (χ3v) is 3.43. The van der Waals surface area contributed by atoms with E-state index in [-0.39, 0.29) is 4.60 Å². The highest BCUT2D eigenvalue weighted by molar-refractivity contribution is 9.13. The highest BCUT2D eigenvalue weighted by Gasteiger charge is 2.39. The van der Waals surface area contributed by atoms with Gasteiger partial charge in [-0.1, -0.05) is 0 Å². The van der Waals surface area contributed by atoms with Gasteiger partial charge in [0.05, 0.1) is 10.0 Å². The molecule has 0 N–H and O–H groups in total. The number of alkyl halides is 5. The smallest absolute Gasteiger partial charge is 0.248 e. The molecular weight excluding hydrogens is 353 g/mol. The van der Waals surface area contributed by atoms with E-state index >= 15 is 0 Å². The van der Waals surface area contributed by atoms with E-state index in [2.05, 4.69) is 36.8 Å². The second kappa shape index (κ2) is 4.32. The lowest BCUT2D eigenvalue weighted by Crippen LogP contribution is -2.11. The first kappa shape index (κ1) is 12.8. The van der Waals surface area contributed by atoms with Gasteiger partial charge in [-0.2, -0.15) is 13.2 Å². The van der Waals surface area contributed by atoms with Crippen LogP contribution in [0.1, 0.15) is 17.6 Å². The van der Waals surface area contributed by atoms with Crippen molar-refractivity contribution in [2.45, 2.75) is 12.6 Å². The summed E-state index contributed by atoms with van der Waals surface area (Å²) in [4.78, 5) is 3.36. The van der Waals surface area contributed by atoms with E-state index in [0.29, 0.717) is 6.20 Å². The van der Waals surface area contributed by atoms with E-state index in [1.165, 1.54) is 0 Å². The zero-order valence-electron chi connectivity index (χ0n) is 6.75. The molecule has 0 radical (unpaired) electrons. The maximum atomic E-state index is 12.4. The van der Waals surface area contributed by atoms with E-state index in [1.54, 1.807) is 0 Å². The number of hydrogen-bond acceptors (Lipinski definition) is 1. The molecule has 15 heavy (non-hydrogen) atoms. The average molecular weight is 355 g/mol. The van der Waals surface area contributed by atoms with Crippen molar-refractivity contribution in [3.8, 4) is 0 Å². The highest BCUT2D eigenvalue weighted by Crippen LogP contribution is 2.42. The summed E-state index contributed by atoms with van der Waals surface area (Å²) in [5.41, 5.74) is -2.54. The summed E-state index contributed by atoms with van der Waals surface area (Å²) in [6, 6.07) is 0. The predicted octanol–water partition coefficient (Wildman–Crippen LogP) is 4.56. The van der Waals surface area contributed by atoms with Crippen LogP contribution in [0.2, 0.25) is 0 Å². The molecule has 0 saturated heterocycles. The Hall–Kier alpha value is -0.240. The lowest BCUT2D eigenvalue weighted by atomic mass is 10.1. The molecule has 0 saturated carbocycles. The summed E-state index contributed by atoms with van der Waals surface area (Å²) in [5.74, 6) is 0. The van der Waals surface area contributed by atoms with Gasteiger partial charge < -0.3 is 0 Å². The summed E-state index contributed by atoms with van der Waals surface area (Å²) in [5, 5.41) is 0. The Morgan fingerprint density at radius 1 is 1.20 bits per heavy atom. The van der Waals surface area contributed by atoms with Gasteiger partial charge in [-0.05, 0) is 31.9 Å². The zero-order chi connectivity index (χ0) is 11.8. The van der Waals surface area contributed by atoms with Crippen LogP contribution in [0.3, 0.4) is 0 Å². The lowest BCUT2D eigenvalue weighted by molar-refractivity contribution is -0.140. The van der Waals surface area contributed by atoms with Gasteiger partial charge in [-0.25, -0.2) is 13.8 Å². The van der Waals surface area contributed by atoms with Crippen molar-refractivity contribution in [2.75, 3.05) is 0 Å². The van der Waals surface area contributed by atoms with Crippen molar-refractivity contribution < 1.29 is 22.0 Å². The standard InChI is InChI=1S/C7H2Br2F5N/c8-4-3(7(12,13)14)2(6(10)11)1-15-5(4)9/h1,6H. The lowest BCUT2D eigenvalue weighted by Gasteiger charge is -2.14. The molecule has 0 spiro atoms. The van der Waals surface area contributed by atoms with Gasteiger partial charge in [0, 0.05) is 11.8 Å². The maximum absolute atomic E-state index is 12.4. The molecule has 1 rings (SSSR count). The monoisotopic (exact) mass is 353 g/mol. The predicted molar refractivity (Wildman–Crippen MR) is 49.6 cm³/mol. The quantitative estimate of drug-likeness (QED) is 0.532. The average Bonchev–Trinajstić information content (AvgIpc) is 2.06. The third-order valence-electron chi connectivity index (χ3n) is 1.52. The van der Waals surface area contributed by atoms with Crippen LogP contribution in [-0.2, 0) is 6.18 Å². The molecule has 1 aromatic heterocycles. The molecule has 0 unspecified atom stereocenters. The summed E-state index contributed by atoms with van der Waals surface area (Å²) in [6.45, 7) is 0. The number of pyridine rings is 1. The Balaban J connectivity index is 3.49. The molecule has 0 aliphatic heterocycles. The van der Waals surface area contributed by atoms with Crippen LogP contribution in [-0.4, -0.2) is 4.98 Å². The first-order chi connectivity index (χ1) is 6.75. The van der Waals surface area contributed by atoms with Crippen LogP contribution in [0.4, 0.5) is 22.0 Å². The van der Waals surface area contributed by atoms with Crippen molar-refractivity contribution in [1.29, 1.82) is 0 Å². The molecule has 8 heteroatoms. The van der Waals surface area contributed by atoms with Crippen LogP contribution < -0.4 is 0 Å². The Labute approximate surface area is 97.9 Å². The van der Waals surface area contributed by atoms with Gasteiger partial charge in [0.25, 0.3) is 6.43 Å². The van der Waals surface area contributed by atoms with Gasteiger partial charge in [0.2, 0.25) is 0 Å². The summed E-state index contributed by atoms with van der Waals surface area (Å²) >= 11 is 5.29. The normalized spacial score (nSPS) is 12.3. The van der Waals surface area contributed by atoms with E-state index < -0.39 is 28.2 Å². The number of hydrogen-bond donors (Lipinski definition) is 0.